The Morgan fingerprint density at radius 3 is 2.75 bits per heavy atom. The maximum Gasteiger partial charge on any atom is 0.338 e. The summed E-state index contributed by atoms with van der Waals surface area (Å²) in [5.41, 5.74) is 1.41. The average molecular weight is 334 g/mol. The molecule has 0 aliphatic rings. The Morgan fingerprint density at radius 2 is 2.19 bits per heavy atom. The van der Waals surface area contributed by atoms with Crippen molar-refractivity contribution in [1.82, 2.24) is 0 Å². The van der Waals surface area contributed by atoms with Crippen LogP contribution in [-0.4, -0.2) is 18.2 Å². The number of ether oxygens (including phenoxy) is 1. The minimum Gasteiger partial charge on any atom is -0.507 e. The molecule has 0 bridgehead atoms. The van der Waals surface area contributed by atoms with Gasteiger partial charge in [-0.05, 0) is 53.1 Å². The highest BCUT2D eigenvalue weighted by Crippen LogP contribution is 2.25. The molecule has 1 N–H and O–H groups in total. The van der Waals surface area contributed by atoms with Crippen LogP contribution < -0.4 is 0 Å². The number of aryl methyl sites for hydroxylation is 1. The number of halogens is 1. The Labute approximate surface area is 109 Å². The van der Waals surface area contributed by atoms with Crippen LogP contribution in [0.4, 0.5) is 0 Å². The van der Waals surface area contributed by atoms with Gasteiger partial charge in [0.1, 0.15) is 5.75 Å². The number of hydrogen-bond acceptors (Lipinski definition) is 3. The van der Waals surface area contributed by atoms with Gasteiger partial charge in [-0.25, -0.2) is 4.79 Å². The summed E-state index contributed by atoms with van der Waals surface area (Å²) in [5.74, 6) is -0.122. The standard InChI is InChI=1S/C12H15IO3/c1-3-4-5-8-6-11(14)10(13)7-9(8)12(15)16-2/h6-7,14H,3-5H2,1-2H3. The lowest BCUT2D eigenvalue weighted by molar-refractivity contribution is 0.0599. The molecule has 0 aliphatic carbocycles. The van der Waals surface area contributed by atoms with Gasteiger partial charge in [-0.15, -0.1) is 0 Å². The van der Waals surface area contributed by atoms with Gasteiger partial charge in [0.05, 0.1) is 16.2 Å². The Bertz CT molecular complexity index is 388. The number of phenols is 1. The molecule has 1 aromatic rings. The summed E-state index contributed by atoms with van der Waals surface area (Å²) in [7, 11) is 1.37. The molecule has 88 valence electrons. The molecular formula is C12H15IO3. The predicted octanol–water partition coefficient (Wildman–Crippen LogP) is 3.13. The first-order chi connectivity index (χ1) is 7.60. The molecule has 0 amide bonds. The van der Waals surface area contributed by atoms with Crippen molar-refractivity contribution >= 4 is 28.6 Å². The third kappa shape index (κ3) is 3.10. The Hall–Kier alpha value is -0.780. The summed E-state index contributed by atoms with van der Waals surface area (Å²) in [6.45, 7) is 2.09. The second-order valence-electron chi connectivity index (χ2n) is 3.56. The highest BCUT2D eigenvalue weighted by atomic mass is 127. The number of esters is 1. The topological polar surface area (TPSA) is 46.5 Å². The van der Waals surface area contributed by atoms with Crippen molar-refractivity contribution in [3.05, 3.63) is 26.8 Å². The van der Waals surface area contributed by atoms with Crippen LogP contribution in [0.3, 0.4) is 0 Å². The van der Waals surface area contributed by atoms with E-state index in [1.54, 1.807) is 12.1 Å². The molecule has 0 fully saturated rings. The van der Waals surface area contributed by atoms with Crippen molar-refractivity contribution in [1.29, 1.82) is 0 Å². The molecule has 3 nitrogen and oxygen atoms in total. The van der Waals surface area contributed by atoms with E-state index >= 15 is 0 Å². The van der Waals surface area contributed by atoms with Gasteiger partial charge in [-0.3, -0.25) is 0 Å². The van der Waals surface area contributed by atoms with Crippen molar-refractivity contribution in [3.63, 3.8) is 0 Å². The van der Waals surface area contributed by atoms with Gasteiger partial charge in [0.25, 0.3) is 0 Å². The van der Waals surface area contributed by atoms with Crippen molar-refractivity contribution < 1.29 is 14.6 Å². The van der Waals surface area contributed by atoms with E-state index in [-0.39, 0.29) is 11.7 Å². The lowest BCUT2D eigenvalue weighted by Gasteiger charge is -2.09. The van der Waals surface area contributed by atoms with E-state index in [1.807, 2.05) is 22.6 Å². The number of phenolic OH excluding ortho intramolecular Hbond substituents is 1. The fourth-order valence-electron chi connectivity index (χ4n) is 1.48. The number of carbonyl (C=O) groups is 1. The summed E-state index contributed by atoms with van der Waals surface area (Å²) in [4.78, 5) is 11.6. The molecule has 4 heteroatoms. The molecule has 0 aliphatic heterocycles. The summed E-state index contributed by atoms with van der Waals surface area (Å²) in [6, 6.07) is 3.33. The predicted molar refractivity (Wildman–Crippen MR) is 70.8 cm³/mol. The van der Waals surface area contributed by atoms with Crippen LogP contribution in [0, 0.1) is 3.57 Å². The minimum absolute atomic E-state index is 0.222. The van der Waals surface area contributed by atoms with Crippen LogP contribution in [0.25, 0.3) is 0 Å². The number of carbonyl (C=O) groups excluding carboxylic acids is 1. The van der Waals surface area contributed by atoms with Crippen LogP contribution in [0.1, 0.15) is 35.7 Å². The number of unbranched alkanes of at least 4 members (excludes halogenated alkanes) is 1. The van der Waals surface area contributed by atoms with E-state index in [4.69, 9.17) is 4.74 Å². The van der Waals surface area contributed by atoms with Crippen LogP contribution in [0.5, 0.6) is 5.75 Å². The van der Waals surface area contributed by atoms with Crippen LogP contribution in [-0.2, 0) is 11.2 Å². The van der Waals surface area contributed by atoms with Crippen LogP contribution in [0.15, 0.2) is 12.1 Å². The Morgan fingerprint density at radius 1 is 1.50 bits per heavy atom. The van der Waals surface area contributed by atoms with Gasteiger partial charge in [-0.2, -0.15) is 0 Å². The maximum absolute atomic E-state index is 11.6. The summed E-state index contributed by atoms with van der Waals surface area (Å²) in [6.07, 6.45) is 2.82. The summed E-state index contributed by atoms with van der Waals surface area (Å²) < 4.78 is 5.39. The second kappa shape index (κ2) is 6.08. The minimum atomic E-state index is -0.344. The van der Waals surface area contributed by atoms with Crippen molar-refractivity contribution in [2.75, 3.05) is 7.11 Å². The summed E-state index contributed by atoms with van der Waals surface area (Å²) >= 11 is 2.00. The molecule has 0 radical (unpaired) electrons. The molecule has 1 aromatic carbocycles. The summed E-state index contributed by atoms with van der Waals surface area (Å²) in [5, 5.41) is 9.62. The molecular weight excluding hydrogens is 319 g/mol. The third-order valence-corrected chi connectivity index (χ3v) is 3.24. The van der Waals surface area contributed by atoms with Gasteiger partial charge in [0, 0.05) is 0 Å². The Balaban J connectivity index is 3.11. The van der Waals surface area contributed by atoms with Crippen molar-refractivity contribution in [3.8, 4) is 5.75 Å². The quantitative estimate of drug-likeness (QED) is 0.680. The smallest absolute Gasteiger partial charge is 0.338 e. The third-order valence-electron chi connectivity index (χ3n) is 2.38. The molecule has 0 spiro atoms. The SMILES string of the molecule is CCCCc1cc(O)c(I)cc1C(=O)OC. The fourth-order valence-corrected chi connectivity index (χ4v) is 1.95. The van der Waals surface area contributed by atoms with Gasteiger partial charge >= 0.3 is 5.97 Å². The first-order valence-electron chi connectivity index (χ1n) is 5.19. The fraction of sp³-hybridized carbons (Fsp3) is 0.417. The number of methoxy groups -OCH3 is 1. The van der Waals surface area contributed by atoms with Crippen molar-refractivity contribution in [2.24, 2.45) is 0 Å². The number of hydrogen-bond donors (Lipinski definition) is 1. The molecule has 0 aromatic heterocycles. The number of rotatable bonds is 4. The highest BCUT2D eigenvalue weighted by Gasteiger charge is 2.14. The van der Waals surface area contributed by atoms with E-state index < -0.39 is 0 Å². The first kappa shape index (κ1) is 13.3. The van der Waals surface area contributed by atoms with Crippen molar-refractivity contribution in [2.45, 2.75) is 26.2 Å². The lowest BCUT2D eigenvalue weighted by Crippen LogP contribution is -2.06. The van der Waals surface area contributed by atoms with E-state index in [9.17, 15) is 9.90 Å². The van der Waals surface area contributed by atoms with E-state index in [1.165, 1.54) is 7.11 Å². The van der Waals surface area contributed by atoms with Gasteiger partial charge < -0.3 is 9.84 Å². The monoisotopic (exact) mass is 334 g/mol. The largest absolute Gasteiger partial charge is 0.507 e. The van der Waals surface area contributed by atoms with Crippen LogP contribution >= 0.6 is 22.6 Å². The molecule has 0 atom stereocenters. The molecule has 0 saturated heterocycles. The molecule has 0 saturated carbocycles. The Kier molecular flexibility index (Phi) is 5.05. The zero-order valence-electron chi connectivity index (χ0n) is 9.42. The molecule has 1 rings (SSSR count). The number of benzene rings is 1. The highest BCUT2D eigenvalue weighted by molar-refractivity contribution is 14.1. The zero-order valence-corrected chi connectivity index (χ0v) is 11.6. The van der Waals surface area contributed by atoms with Gasteiger partial charge in [0.15, 0.2) is 0 Å². The van der Waals surface area contributed by atoms with Crippen LogP contribution in [0.2, 0.25) is 0 Å². The normalized spacial score (nSPS) is 10.2. The molecule has 0 heterocycles. The van der Waals surface area contributed by atoms with E-state index in [2.05, 4.69) is 6.92 Å². The zero-order chi connectivity index (χ0) is 12.1. The lowest BCUT2D eigenvalue weighted by atomic mass is 10.0. The first-order valence-corrected chi connectivity index (χ1v) is 6.27. The van der Waals surface area contributed by atoms with Gasteiger partial charge in [-0.1, -0.05) is 13.3 Å². The number of aromatic hydroxyl groups is 1. The van der Waals surface area contributed by atoms with Gasteiger partial charge in [0.2, 0.25) is 0 Å². The molecule has 0 unspecified atom stereocenters. The molecule has 16 heavy (non-hydrogen) atoms. The van der Waals surface area contributed by atoms with E-state index in [0.29, 0.717) is 9.13 Å². The van der Waals surface area contributed by atoms with E-state index in [0.717, 1.165) is 24.8 Å². The average Bonchev–Trinajstić information content (AvgIpc) is 2.29. The second-order valence-corrected chi connectivity index (χ2v) is 4.72. The maximum atomic E-state index is 11.6.